The Morgan fingerprint density at radius 1 is 0.941 bits per heavy atom. The minimum atomic E-state index is -0.209. The van der Waals surface area contributed by atoms with E-state index in [1.165, 1.54) is 0 Å². The van der Waals surface area contributed by atoms with E-state index in [4.69, 9.17) is 16.3 Å². The zero-order chi connectivity index (χ0) is 23.5. The van der Waals surface area contributed by atoms with Crippen molar-refractivity contribution in [2.45, 2.75) is 6.54 Å². The summed E-state index contributed by atoms with van der Waals surface area (Å²) in [6.07, 6.45) is 0. The third-order valence-electron chi connectivity index (χ3n) is 5.66. The second-order valence-electron chi connectivity index (χ2n) is 7.80. The van der Waals surface area contributed by atoms with E-state index >= 15 is 0 Å². The number of ether oxygens (including phenoxy) is 1. The molecule has 0 saturated heterocycles. The summed E-state index contributed by atoms with van der Waals surface area (Å²) in [6, 6.07) is 30.9. The second-order valence-corrected chi connectivity index (χ2v) is 8.19. The lowest BCUT2D eigenvalue weighted by Gasteiger charge is -2.13. The molecule has 0 atom stereocenters. The van der Waals surface area contributed by atoms with Crippen molar-refractivity contribution < 1.29 is 9.53 Å². The standard InChI is InChI=1S/C28H22ClN3O2/c1-34-22-14-8-9-19(17-22)18-30-28(33)26-25(20-10-4-2-5-11-20)23-15-16-24(29)31-27(23)32(26)21-12-6-3-7-13-21/h2-17H,18H2,1H3,(H,30,33). The summed E-state index contributed by atoms with van der Waals surface area (Å²) in [5.41, 5.74) is 4.65. The van der Waals surface area contributed by atoms with Crippen molar-refractivity contribution in [3.63, 3.8) is 0 Å². The molecule has 0 saturated carbocycles. The fourth-order valence-corrected chi connectivity index (χ4v) is 4.27. The highest BCUT2D eigenvalue weighted by atomic mass is 35.5. The minimum Gasteiger partial charge on any atom is -0.497 e. The van der Waals surface area contributed by atoms with Crippen LogP contribution in [0.5, 0.6) is 5.75 Å². The molecule has 2 aromatic heterocycles. The van der Waals surface area contributed by atoms with E-state index in [1.54, 1.807) is 13.2 Å². The zero-order valence-corrected chi connectivity index (χ0v) is 19.3. The zero-order valence-electron chi connectivity index (χ0n) is 18.5. The van der Waals surface area contributed by atoms with Crippen LogP contribution in [0.4, 0.5) is 0 Å². The van der Waals surface area contributed by atoms with Gasteiger partial charge >= 0.3 is 0 Å². The van der Waals surface area contributed by atoms with E-state index in [2.05, 4.69) is 10.3 Å². The van der Waals surface area contributed by atoms with E-state index < -0.39 is 0 Å². The van der Waals surface area contributed by atoms with Crippen LogP contribution in [-0.4, -0.2) is 22.6 Å². The van der Waals surface area contributed by atoms with Crippen molar-refractivity contribution in [1.82, 2.24) is 14.9 Å². The number of para-hydroxylation sites is 1. The Labute approximate surface area is 202 Å². The van der Waals surface area contributed by atoms with Crippen LogP contribution < -0.4 is 10.1 Å². The highest BCUT2D eigenvalue weighted by molar-refractivity contribution is 6.30. The summed E-state index contributed by atoms with van der Waals surface area (Å²) < 4.78 is 7.19. The fraction of sp³-hybridized carbons (Fsp3) is 0.0714. The Morgan fingerprint density at radius 2 is 1.68 bits per heavy atom. The third-order valence-corrected chi connectivity index (χ3v) is 5.87. The van der Waals surface area contributed by atoms with Gasteiger partial charge in [-0.05, 0) is 47.5 Å². The van der Waals surface area contributed by atoms with E-state index in [0.29, 0.717) is 23.0 Å². The molecule has 0 aliphatic carbocycles. The molecule has 1 N–H and O–H groups in total. The van der Waals surface area contributed by atoms with Gasteiger partial charge in [-0.2, -0.15) is 0 Å². The number of carbonyl (C=O) groups is 1. The lowest BCUT2D eigenvalue weighted by molar-refractivity contribution is 0.0945. The molecule has 34 heavy (non-hydrogen) atoms. The average molecular weight is 468 g/mol. The molecule has 3 aromatic carbocycles. The molecule has 1 amide bonds. The molecule has 5 nitrogen and oxygen atoms in total. The Hall–Kier alpha value is -4.09. The number of hydrogen-bond donors (Lipinski definition) is 1. The summed E-state index contributed by atoms with van der Waals surface area (Å²) in [5, 5.41) is 4.30. The molecule has 6 heteroatoms. The van der Waals surface area contributed by atoms with Gasteiger partial charge in [0.05, 0.1) is 7.11 Å². The van der Waals surface area contributed by atoms with Gasteiger partial charge in [-0.15, -0.1) is 0 Å². The van der Waals surface area contributed by atoms with Crippen LogP contribution in [0.25, 0.3) is 27.8 Å². The summed E-state index contributed by atoms with van der Waals surface area (Å²) in [6.45, 7) is 0.356. The number of methoxy groups -OCH3 is 1. The van der Waals surface area contributed by atoms with Gasteiger partial charge < -0.3 is 10.1 Å². The SMILES string of the molecule is COc1cccc(CNC(=O)c2c(-c3ccccc3)c3ccc(Cl)nc3n2-c2ccccc2)c1. The molecule has 0 fully saturated rings. The maximum absolute atomic E-state index is 13.8. The van der Waals surface area contributed by atoms with Gasteiger partial charge in [0.25, 0.3) is 5.91 Å². The lowest BCUT2D eigenvalue weighted by Crippen LogP contribution is -2.26. The van der Waals surface area contributed by atoms with Gasteiger partial charge in [0.2, 0.25) is 0 Å². The number of fused-ring (bicyclic) bond motifs is 1. The molecule has 0 aliphatic rings. The van der Waals surface area contributed by atoms with Crippen molar-refractivity contribution in [2.75, 3.05) is 7.11 Å². The Morgan fingerprint density at radius 3 is 2.41 bits per heavy atom. The minimum absolute atomic E-state index is 0.209. The van der Waals surface area contributed by atoms with Gasteiger partial charge in [0.15, 0.2) is 0 Å². The topological polar surface area (TPSA) is 56.1 Å². The summed E-state index contributed by atoms with van der Waals surface area (Å²) in [7, 11) is 1.63. The molecule has 0 bridgehead atoms. The van der Waals surface area contributed by atoms with E-state index in [1.807, 2.05) is 95.6 Å². The number of halogens is 1. The number of benzene rings is 3. The number of rotatable bonds is 6. The van der Waals surface area contributed by atoms with Gasteiger partial charge in [-0.3, -0.25) is 9.36 Å². The number of carbonyl (C=O) groups excluding carboxylic acids is 1. The lowest BCUT2D eigenvalue weighted by atomic mass is 10.0. The Bertz CT molecular complexity index is 1460. The van der Waals surface area contributed by atoms with E-state index in [-0.39, 0.29) is 5.91 Å². The first-order valence-electron chi connectivity index (χ1n) is 10.9. The third kappa shape index (κ3) is 4.14. The largest absolute Gasteiger partial charge is 0.497 e. The first kappa shape index (κ1) is 21.7. The van der Waals surface area contributed by atoms with E-state index in [0.717, 1.165) is 33.5 Å². The smallest absolute Gasteiger partial charge is 0.269 e. The van der Waals surface area contributed by atoms with Crippen molar-refractivity contribution in [3.05, 3.63) is 113 Å². The molecule has 0 aliphatic heterocycles. The maximum Gasteiger partial charge on any atom is 0.269 e. The Kier molecular flexibility index (Phi) is 6.02. The molecule has 5 aromatic rings. The highest BCUT2D eigenvalue weighted by Crippen LogP contribution is 2.37. The Balaban J connectivity index is 1.69. The normalized spacial score (nSPS) is 10.9. The molecular formula is C28H22ClN3O2. The first-order valence-corrected chi connectivity index (χ1v) is 11.3. The second kappa shape index (κ2) is 9.41. The number of hydrogen-bond acceptors (Lipinski definition) is 3. The fourth-order valence-electron chi connectivity index (χ4n) is 4.13. The van der Waals surface area contributed by atoms with Crippen molar-refractivity contribution in [3.8, 4) is 22.6 Å². The van der Waals surface area contributed by atoms with Crippen LogP contribution in [0.15, 0.2) is 97.1 Å². The van der Waals surface area contributed by atoms with Crippen molar-refractivity contribution in [1.29, 1.82) is 0 Å². The monoisotopic (exact) mass is 467 g/mol. The molecule has 168 valence electrons. The molecule has 2 heterocycles. The molecule has 0 unspecified atom stereocenters. The van der Waals surface area contributed by atoms with Crippen LogP contribution in [0.1, 0.15) is 16.1 Å². The van der Waals surface area contributed by atoms with Crippen LogP contribution in [0.3, 0.4) is 0 Å². The first-order chi connectivity index (χ1) is 16.7. The van der Waals surface area contributed by atoms with Crippen molar-refractivity contribution >= 4 is 28.5 Å². The predicted octanol–water partition coefficient (Wildman–Crippen LogP) is 6.28. The average Bonchev–Trinajstić information content (AvgIpc) is 3.22. The van der Waals surface area contributed by atoms with Crippen molar-refractivity contribution in [2.24, 2.45) is 0 Å². The number of aromatic nitrogens is 2. The summed E-state index contributed by atoms with van der Waals surface area (Å²) >= 11 is 6.30. The number of amides is 1. The number of nitrogens with one attached hydrogen (secondary N) is 1. The quantitative estimate of drug-likeness (QED) is 0.299. The molecular weight excluding hydrogens is 446 g/mol. The molecule has 0 radical (unpaired) electrons. The van der Waals surface area contributed by atoms with Gasteiger partial charge in [0, 0.05) is 23.2 Å². The van der Waals surface area contributed by atoms with Gasteiger partial charge in [0.1, 0.15) is 22.2 Å². The van der Waals surface area contributed by atoms with E-state index in [9.17, 15) is 4.79 Å². The van der Waals surface area contributed by atoms with Gasteiger partial charge in [-0.1, -0.05) is 72.3 Å². The number of pyridine rings is 1. The van der Waals surface area contributed by atoms with Crippen LogP contribution in [-0.2, 0) is 6.54 Å². The highest BCUT2D eigenvalue weighted by Gasteiger charge is 2.26. The van der Waals surface area contributed by atoms with Crippen LogP contribution >= 0.6 is 11.6 Å². The molecule has 0 spiro atoms. The summed E-state index contributed by atoms with van der Waals surface area (Å²) in [4.78, 5) is 18.4. The predicted molar refractivity (Wildman–Crippen MR) is 136 cm³/mol. The molecule has 5 rings (SSSR count). The van der Waals surface area contributed by atoms with Crippen LogP contribution in [0.2, 0.25) is 5.15 Å². The van der Waals surface area contributed by atoms with Crippen LogP contribution in [0, 0.1) is 0 Å². The maximum atomic E-state index is 13.8. The van der Waals surface area contributed by atoms with Gasteiger partial charge in [-0.25, -0.2) is 4.98 Å². The number of nitrogens with zero attached hydrogens (tertiary/aromatic N) is 2. The summed E-state index contributed by atoms with van der Waals surface area (Å²) in [5.74, 6) is 0.536.